The van der Waals surface area contributed by atoms with E-state index in [2.05, 4.69) is 51.1 Å². The fraction of sp³-hybridized carbons (Fsp3) is 0.789. The number of imidazole rings is 1. The molecule has 1 unspecified atom stereocenters. The summed E-state index contributed by atoms with van der Waals surface area (Å²) in [5, 5.41) is 8.60. The van der Waals surface area contributed by atoms with Crippen molar-refractivity contribution in [3.8, 4) is 0 Å². The maximum atomic E-state index is 10.4. The van der Waals surface area contributed by atoms with Gasteiger partial charge in [0.25, 0.3) is 0 Å². The van der Waals surface area contributed by atoms with Crippen molar-refractivity contribution in [3.63, 3.8) is 0 Å². The van der Waals surface area contributed by atoms with Crippen LogP contribution in [0.25, 0.3) is 0 Å². The second-order valence-corrected chi connectivity index (χ2v) is 8.11. The number of rotatable bonds is 7. The van der Waals surface area contributed by atoms with E-state index in [-0.39, 0.29) is 11.5 Å². The van der Waals surface area contributed by atoms with Crippen molar-refractivity contribution in [1.29, 1.82) is 0 Å². The van der Waals surface area contributed by atoms with Crippen LogP contribution in [-0.4, -0.2) is 20.6 Å². The van der Waals surface area contributed by atoms with E-state index in [0.29, 0.717) is 5.41 Å². The first-order valence-corrected chi connectivity index (χ1v) is 8.74. The Balaban J connectivity index is 0.000000438. The fourth-order valence-electron chi connectivity index (χ4n) is 2.96. The summed E-state index contributed by atoms with van der Waals surface area (Å²) in [4.78, 5) is 14.5. The van der Waals surface area contributed by atoms with Crippen LogP contribution in [0.15, 0.2) is 18.7 Å². The number of nitrogens with zero attached hydrogens (tertiary/aromatic N) is 2. The molecule has 134 valence electrons. The highest BCUT2D eigenvalue weighted by Gasteiger charge is 2.26. The second-order valence-electron chi connectivity index (χ2n) is 8.11. The Kier molecular flexibility index (Phi) is 9.18. The zero-order valence-electron chi connectivity index (χ0n) is 16.1. The van der Waals surface area contributed by atoms with Crippen LogP contribution in [0.5, 0.6) is 0 Å². The van der Waals surface area contributed by atoms with Gasteiger partial charge in [-0.1, -0.05) is 47.5 Å². The Morgan fingerprint density at radius 1 is 1.22 bits per heavy atom. The van der Waals surface area contributed by atoms with Gasteiger partial charge in [0, 0.05) is 17.9 Å². The first kappa shape index (κ1) is 21.7. The number of unbranched alkanes of at least 4 members (excludes halogenated alkanes) is 1. The fourth-order valence-corrected chi connectivity index (χ4v) is 2.96. The van der Waals surface area contributed by atoms with Crippen molar-refractivity contribution >= 4 is 5.97 Å². The number of aromatic nitrogens is 2. The van der Waals surface area contributed by atoms with Crippen LogP contribution >= 0.6 is 0 Å². The largest absolute Gasteiger partial charge is 0.481 e. The molecule has 1 N–H and O–H groups in total. The number of carbonyl (C=O) groups is 1. The molecule has 0 radical (unpaired) electrons. The van der Waals surface area contributed by atoms with Gasteiger partial charge < -0.3 is 9.67 Å². The molecule has 0 saturated heterocycles. The van der Waals surface area contributed by atoms with E-state index in [1.165, 1.54) is 0 Å². The highest BCUT2D eigenvalue weighted by Crippen LogP contribution is 2.31. The molecule has 0 amide bonds. The summed E-state index contributed by atoms with van der Waals surface area (Å²) in [5.74, 6) is -0.754. The van der Waals surface area contributed by atoms with Gasteiger partial charge in [0.1, 0.15) is 0 Å². The standard InChI is InChI=1S/C11H20N2.C8H16O2/c1-10(2,3)8-11(4,5)13-7-6-12-9-13;1-3-5-6-7(4-2)8(9)10/h6-7,9H,8H2,1-5H3;7H,3-6H2,1-2H3,(H,9,10). The van der Waals surface area contributed by atoms with Gasteiger partial charge in [-0.3, -0.25) is 4.79 Å². The molecule has 4 nitrogen and oxygen atoms in total. The topological polar surface area (TPSA) is 55.1 Å². The summed E-state index contributed by atoms with van der Waals surface area (Å²) in [6.07, 6.45) is 10.6. The minimum absolute atomic E-state index is 0.111. The van der Waals surface area contributed by atoms with Gasteiger partial charge in [0.2, 0.25) is 0 Å². The molecule has 1 rings (SSSR count). The first-order chi connectivity index (χ1) is 10.5. The average Bonchev–Trinajstić information content (AvgIpc) is 2.92. The molecule has 0 bridgehead atoms. The van der Waals surface area contributed by atoms with Crippen LogP contribution < -0.4 is 0 Å². The lowest BCUT2D eigenvalue weighted by molar-refractivity contribution is -0.142. The Hall–Kier alpha value is -1.32. The molecule has 0 aromatic carbocycles. The molecule has 0 aliphatic heterocycles. The molecule has 23 heavy (non-hydrogen) atoms. The maximum Gasteiger partial charge on any atom is 0.306 e. The summed E-state index contributed by atoms with van der Waals surface area (Å²) >= 11 is 0. The Morgan fingerprint density at radius 2 is 1.83 bits per heavy atom. The molecular formula is C19H36N2O2. The molecule has 1 atom stereocenters. The van der Waals surface area contributed by atoms with E-state index in [1.54, 1.807) is 0 Å². The van der Waals surface area contributed by atoms with Gasteiger partial charge in [-0.15, -0.1) is 0 Å². The van der Waals surface area contributed by atoms with E-state index in [0.717, 1.165) is 32.1 Å². The van der Waals surface area contributed by atoms with Crippen LogP contribution in [0.3, 0.4) is 0 Å². The average molecular weight is 325 g/mol. The molecule has 4 heteroatoms. The van der Waals surface area contributed by atoms with Gasteiger partial charge >= 0.3 is 5.97 Å². The Morgan fingerprint density at radius 3 is 2.17 bits per heavy atom. The molecule has 0 saturated carbocycles. The van der Waals surface area contributed by atoms with Crippen molar-refractivity contribution in [3.05, 3.63) is 18.7 Å². The van der Waals surface area contributed by atoms with Gasteiger partial charge in [0.15, 0.2) is 0 Å². The van der Waals surface area contributed by atoms with E-state index in [4.69, 9.17) is 5.11 Å². The van der Waals surface area contributed by atoms with E-state index in [9.17, 15) is 4.79 Å². The summed E-state index contributed by atoms with van der Waals surface area (Å²) in [6, 6.07) is 0. The number of hydrogen-bond acceptors (Lipinski definition) is 2. The van der Waals surface area contributed by atoms with Crippen LogP contribution in [-0.2, 0) is 10.3 Å². The molecule has 1 heterocycles. The molecule has 1 aromatic rings. The highest BCUT2D eigenvalue weighted by molar-refractivity contribution is 5.69. The quantitative estimate of drug-likeness (QED) is 0.736. The molecular weight excluding hydrogens is 288 g/mol. The lowest BCUT2D eigenvalue weighted by atomic mass is 9.82. The number of aliphatic carboxylic acids is 1. The molecule has 0 spiro atoms. The summed E-state index contributed by atoms with van der Waals surface area (Å²) in [5.41, 5.74) is 0.516. The molecule has 0 aliphatic carbocycles. The van der Waals surface area contributed by atoms with Crippen LogP contribution in [0.1, 0.15) is 80.6 Å². The van der Waals surface area contributed by atoms with Crippen molar-refractivity contribution in [2.75, 3.05) is 0 Å². The predicted octanol–water partition coefficient (Wildman–Crippen LogP) is 5.34. The van der Waals surface area contributed by atoms with Gasteiger partial charge in [0.05, 0.1) is 12.2 Å². The third-order valence-electron chi connectivity index (χ3n) is 3.91. The SMILES string of the molecule is CC(C)(C)CC(C)(C)n1ccnc1.CCCCC(CC)C(=O)O. The second kappa shape index (κ2) is 9.74. The van der Waals surface area contributed by atoms with Crippen molar-refractivity contribution < 1.29 is 9.90 Å². The normalized spacial score (nSPS) is 13.2. The maximum absolute atomic E-state index is 10.4. The van der Waals surface area contributed by atoms with Crippen molar-refractivity contribution in [1.82, 2.24) is 9.55 Å². The summed E-state index contributed by atoms with van der Waals surface area (Å²) in [7, 11) is 0. The molecule has 1 aromatic heterocycles. The molecule has 0 fully saturated rings. The Labute approximate surface area is 142 Å². The zero-order valence-corrected chi connectivity index (χ0v) is 16.1. The van der Waals surface area contributed by atoms with Gasteiger partial charge in [-0.25, -0.2) is 4.98 Å². The number of hydrogen-bond donors (Lipinski definition) is 1. The summed E-state index contributed by atoms with van der Waals surface area (Å²) < 4.78 is 2.18. The third-order valence-corrected chi connectivity index (χ3v) is 3.91. The van der Waals surface area contributed by atoms with E-state index in [1.807, 2.05) is 25.6 Å². The number of carboxylic acid groups (broad SMARTS) is 1. The van der Waals surface area contributed by atoms with Gasteiger partial charge in [-0.05, 0) is 38.5 Å². The Bertz CT molecular complexity index is 431. The highest BCUT2D eigenvalue weighted by atomic mass is 16.4. The number of carboxylic acids is 1. The summed E-state index contributed by atoms with van der Waals surface area (Å²) in [6.45, 7) is 15.3. The van der Waals surface area contributed by atoms with Crippen LogP contribution in [0.2, 0.25) is 0 Å². The lowest BCUT2D eigenvalue weighted by Crippen LogP contribution is -2.30. The predicted molar refractivity (Wildman–Crippen MR) is 96.6 cm³/mol. The van der Waals surface area contributed by atoms with E-state index < -0.39 is 5.97 Å². The van der Waals surface area contributed by atoms with Gasteiger partial charge in [-0.2, -0.15) is 0 Å². The minimum Gasteiger partial charge on any atom is -0.481 e. The minimum atomic E-state index is -0.643. The zero-order chi connectivity index (χ0) is 18.1. The first-order valence-electron chi connectivity index (χ1n) is 8.74. The van der Waals surface area contributed by atoms with E-state index >= 15 is 0 Å². The lowest BCUT2D eigenvalue weighted by Gasteiger charge is -2.33. The molecule has 0 aliphatic rings. The van der Waals surface area contributed by atoms with Crippen molar-refractivity contribution in [2.24, 2.45) is 11.3 Å². The third kappa shape index (κ3) is 9.42. The smallest absolute Gasteiger partial charge is 0.306 e. The van der Waals surface area contributed by atoms with Crippen LogP contribution in [0.4, 0.5) is 0 Å². The van der Waals surface area contributed by atoms with Crippen molar-refractivity contribution in [2.45, 2.75) is 86.1 Å². The van der Waals surface area contributed by atoms with Crippen LogP contribution in [0, 0.1) is 11.3 Å². The monoisotopic (exact) mass is 324 g/mol.